The van der Waals surface area contributed by atoms with Crippen molar-refractivity contribution < 1.29 is 4.79 Å². The molecule has 2 aromatic rings. The van der Waals surface area contributed by atoms with Crippen molar-refractivity contribution in [2.45, 2.75) is 38.8 Å². The molecule has 1 fully saturated rings. The van der Waals surface area contributed by atoms with Crippen molar-refractivity contribution in [1.29, 1.82) is 0 Å². The lowest BCUT2D eigenvalue weighted by atomic mass is 10.0. The van der Waals surface area contributed by atoms with E-state index in [4.69, 9.17) is 0 Å². The molecule has 126 valence electrons. The summed E-state index contributed by atoms with van der Waals surface area (Å²) in [6, 6.07) is 21.0. The third-order valence-corrected chi connectivity index (χ3v) is 4.78. The summed E-state index contributed by atoms with van der Waals surface area (Å²) in [6.45, 7) is 5.03. The number of benzene rings is 2. The number of anilines is 1. The van der Waals surface area contributed by atoms with Crippen molar-refractivity contribution in [2.75, 3.05) is 18.0 Å². The van der Waals surface area contributed by atoms with Gasteiger partial charge in [-0.25, -0.2) is 0 Å². The molecule has 0 spiro atoms. The van der Waals surface area contributed by atoms with E-state index in [1.54, 1.807) is 0 Å². The Balaban J connectivity index is 1.64. The van der Waals surface area contributed by atoms with Gasteiger partial charge in [-0.2, -0.15) is 0 Å². The highest BCUT2D eigenvalue weighted by Crippen LogP contribution is 2.25. The first-order valence-electron chi connectivity index (χ1n) is 8.91. The van der Waals surface area contributed by atoms with Gasteiger partial charge in [0.2, 0.25) is 5.91 Å². The number of nitrogens with zero attached hydrogens (tertiary/aromatic N) is 2. The van der Waals surface area contributed by atoms with E-state index in [-0.39, 0.29) is 5.91 Å². The monoisotopic (exact) mass is 322 g/mol. The molecule has 3 nitrogen and oxygen atoms in total. The normalized spacial score (nSPS) is 16.0. The summed E-state index contributed by atoms with van der Waals surface area (Å²) in [4.78, 5) is 17.0. The maximum atomic E-state index is 12.5. The molecule has 2 aromatic carbocycles. The van der Waals surface area contributed by atoms with Crippen LogP contribution >= 0.6 is 0 Å². The van der Waals surface area contributed by atoms with Crippen LogP contribution < -0.4 is 4.90 Å². The molecule has 1 aliphatic rings. The zero-order chi connectivity index (χ0) is 16.8. The topological polar surface area (TPSA) is 23.6 Å². The average Bonchev–Trinajstić information content (AvgIpc) is 2.65. The molecule has 0 bridgehead atoms. The Bertz CT molecular complexity index is 633. The van der Waals surface area contributed by atoms with E-state index >= 15 is 0 Å². The lowest BCUT2D eigenvalue weighted by Crippen LogP contribution is -2.47. The SMILES string of the molecule is CCC(=O)N(c1ccccc1)C1CCN(Cc2ccccc2)CC1. The van der Waals surface area contributed by atoms with E-state index in [0.29, 0.717) is 12.5 Å². The smallest absolute Gasteiger partial charge is 0.226 e. The van der Waals surface area contributed by atoms with E-state index in [2.05, 4.69) is 35.2 Å². The number of carbonyl (C=O) groups excluding carboxylic acids is 1. The predicted octanol–water partition coefficient (Wildman–Crippen LogP) is 4.09. The van der Waals surface area contributed by atoms with Gasteiger partial charge >= 0.3 is 0 Å². The summed E-state index contributed by atoms with van der Waals surface area (Å²) >= 11 is 0. The minimum atomic E-state index is 0.225. The van der Waals surface area contributed by atoms with Crippen molar-refractivity contribution in [1.82, 2.24) is 4.90 Å². The van der Waals surface area contributed by atoms with Gasteiger partial charge in [-0.15, -0.1) is 0 Å². The summed E-state index contributed by atoms with van der Waals surface area (Å²) in [5, 5.41) is 0. The van der Waals surface area contributed by atoms with Crippen LogP contribution in [0.2, 0.25) is 0 Å². The maximum Gasteiger partial charge on any atom is 0.226 e. The highest BCUT2D eigenvalue weighted by molar-refractivity contribution is 5.93. The highest BCUT2D eigenvalue weighted by Gasteiger charge is 2.28. The van der Waals surface area contributed by atoms with Crippen molar-refractivity contribution in [2.24, 2.45) is 0 Å². The van der Waals surface area contributed by atoms with Gasteiger partial charge in [0, 0.05) is 37.8 Å². The van der Waals surface area contributed by atoms with Gasteiger partial charge < -0.3 is 4.90 Å². The number of amides is 1. The zero-order valence-corrected chi connectivity index (χ0v) is 14.4. The van der Waals surface area contributed by atoms with E-state index in [0.717, 1.165) is 38.2 Å². The number of rotatable bonds is 5. The Morgan fingerprint density at radius 1 is 1.00 bits per heavy atom. The molecule has 1 saturated heterocycles. The molecule has 1 aliphatic heterocycles. The summed E-state index contributed by atoms with van der Waals surface area (Å²) in [7, 11) is 0. The number of hydrogen-bond donors (Lipinski definition) is 0. The van der Waals surface area contributed by atoms with Gasteiger partial charge in [0.1, 0.15) is 0 Å². The molecule has 0 radical (unpaired) electrons. The number of hydrogen-bond acceptors (Lipinski definition) is 2. The van der Waals surface area contributed by atoms with Crippen LogP contribution in [0.1, 0.15) is 31.7 Å². The molecule has 0 unspecified atom stereocenters. The van der Waals surface area contributed by atoms with Gasteiger partial charge in [0.25, 0.3) is 0 Å². The molecule has 0 aromatic heterocycles. The first-order valence-corrected chi connectivity index (χ1v) is 8.91. The number of likely N-dealkylation sites (tertiary alicyclic amines) is 1. The number of piperidine rings is 1. The quantitative estimate of drug-likeness (QED) is 0.827. The summed E-state index contributed by atoms with van der Waals surface area (Å²) in [5.41, 5.74) is 2.39. The molecule has 0 saturated carbocycles. The maximum absolute atomic E-state index is 12.5. The summed E-state index contributed by atoms with van der Waals surface area (Å²) < 4.78 is 0. The second-order valence-electron chi connectivity index (χ2n) is 6.45. The second kappa shape index (κ2) is 8.11. The molecule has 3 rings (SSSR count). The van der Waals surface area contributed by atoms with E-state index in [1.165, 1.54) is 5.56 Å². The minimum Gasteiger partial charge on any atom is -0.309 e. The molecule has 1 amide bonds. The second-order valence-corrected chi connectivity index (χ2v) is 6.45. The van der Waals surface area contributed by atoms with E-state index in [1.807, 2.05) is 42.2 Å². The number of para-hydroxylation sites is 1. The third kappa shape index (κ3) is 4.04. The molecule has 0 aliphatic carbocycles. The third-order valence-electron chi connectivity index (χ3n) is 4.78. The van der Waals surface area contributed by atoms with E-state index in [9.17, 15) is 4.79 Å². The fourth-order valence-electron chi connectivity index (χ4n) is 3.49. The standard InChI is InChI=1S/C21H26N2O/c1-2-21(24)23(19-11-7-4-8-12-19)20-13-15-22(16-14-20)17-18-9-5-3-6-10-18/h3-12,20H,2,13-17H2,1H3. The Morgan fingerprint density at radius 2 is 1.58 bits per heavy atom. The van der Waals surface area contributed by atoms with Gasteiger partial charge in [-0.05, 0) is 30.5 Å². The zero-order valence-electron chi connectivity index (χ0n) is 14.4. The van der Waals surface area contributed by atoms with Crippen LogP contribution in [-0.4, -0.2) is 29.9 Å². The van der Waals surface area contributed by atoms with Crippen LogP contribution in [0, 0.1) is 0 Å². The first kappa shape index (κ1) is 16.7. The average molecular weight is 322 g/mol. The Morgan fingerprint density at radius 3 is 2.17 bits per heavy atom. The van der Waals surface area contributed by atoms with E-state index < -0.39 is 0 Å². The van der Waals surface area contributed by atoms with Gasteiger partial charge in [-0.1, -0.05) is 55.5 Å². The molecule has 0 atom stereocenters. The van der Waals surface area contributed by atoms with Crippen molar-refractivity contribution in [3.63, 3.8) is 0 Å². The lowest BCUT2D eigenvalue weighted by molar-refractivity contribution is -0.119. The van der Waals surface area contributed by atoms with Crippen molar-refractivity contribution in [3.05, 3.63) is 66.2 Å². The molecule has 1 heterocycles. The first-order chi connectivity index (χ1) is 11.8. The molecular weight excluding hydrogens is 296 g/mol. The van der Waals surface area contributed by atoms with Crippen LogP contribution in [0.3, 0.4) is 0 Å². The van der Waals surface area contributed by atoms with Crippen molar-refractivity contribution >= 4 is 11.6 Å². The highest BCUT2D eigenvalue weighted by atomic mass is 16.2. The van der Waals surface area contributed by atoms with Crippen LogP contribution in [-0.2, 0) is 11.3 Å². The Hall–Kier alpha value is -2.13. The largest absolute Gasteiger partial charge is 0.309 e. The van der Waals surface area contributed by atoms with Crippen LogP contribution in [0.25, 0.3) is 0 Å². The Labute approximate surface area is 144 Å². The van der Waals surface area contributed by atoms with Gasteiger partial charge in [0.05, 0.1) is 0 Å². The van der Waals surface area contributed by atoms with Gasteiger partial charge in [0.15, 0.2) is 0 Å². The molecule has 0 N–H and O–H groups in total. The predicted molar refractivity (Wildman–Crippen MR) is 99.0 cm³/mol. The number of carbonyl (C=O) groups is 1. The van der Waals surface area contributed by atoms with Crippen LogP contribution in [0.5, 0.6) is 0 Å². The molecular formula is C21H26N2O. The van der Waals surface area contributed by atoms with Crippen molar-refractivity contribution in [3.8, 4) is 0 Å². The molecule has 24 heavy (non-hydrogen) atoms. The van der Waals surface area contributed by atoms with Crippen LogP contribution in [0.4, 0.5) is 5.69 Å². The summed E-state index contributed by atoms with van der Waals surface area (Å²) in [6.07, 6.45) is 2.63. The lowest BCUT2D eigenvalue weighted by Gasteiger charge is -2.38. The fraction of sp³-hybridized carbons (Fsp3) is 0.381. The molecule has 3 heteroatoms. The summed E-state index contributed by atoms with van der Waals surface area (Å²) in [5.74, 6) is 0.225. The van der Waals surface area contributed by atoms with Gasteiger partial charge in [-0.3, -0.25) is 9.69 Å². The fourth-order valence-corrected chi connectivity index (χ4v) is 3.49. The Kier molecular flexibility index (Phi) is 5.65. The van der Waals surface area contributed by atoms with Crippen LogP contribution in [0.15, 0.2) is 60.7 Å². The minimum absolute atomic E-state index is 0.225.